The molecule has 0 unspecified atom stereocenters. The highest BCUT2D eigenvalue weighted by Crippen LogP contribution is 2.31. The number of esters is 1. The van der Waals surface area contributed by atoms with Gasteiger partial charge in [-0.25, -0.2) is 9.69 Å². The number of halogens is 2. The first-order valence-corrected chi connectivity index (χ1v) is 11.1. The minimum Gasteiger partial charge on any atom is -0.422 e. The average Bonchev–Trinajstić information content (AvgIpc) is 3.00. The third-order valence-corrected chi connectivity index (χ3v) is 5.86. The molecular formula is C25H18BrClN2O4. The summed E-state index contributed by atoms with van der Waals surface area (Å²) in [7, 11) is 0. The van der Waals surface area contributed by atoms with E-state index in [-0.39, 0.29) is 10.7 Å². The van der Waals surface area contributed by atoms with Gasteiger partial charge in [0, 0.05) is 10.2 Å². The average molecular weight is 526 g/mol. The quantitative estimate of drug-likeness (QED) is 0.262. The van der Waals surface area contributed by atoms with E-state index in [4.69, 9.17) is 16.3 Å². The molecule has 3 aromatic rings. The second kappa shape index (κ2) is 9.21. The van der Waals surface area contributed by atoms with Gasteiger partial charge in [-0.1, -0.05) is 45.7 Å². The van der Waals surface area contributed by atoms with Crippen molar-refractivity contribution in [2.45, 2.75) is 13.8 Å². The standard InChI is InChI=1S/C25H18BrClN2O4/c1-14-12-17(26)13-15(2)22(14)33-25(32)16-8-10-18(11-9-16)28-21-20(27)23(30)29(24(21)31)19-6-4-3-5-7-19/h3-13,28H,1-2H3. The van der Waals surface area contributed by atoms with Crippen molar-refractivity contribution in [2.24, 2.45) is 0 Å². The number of anilines is 2. The Labute approximate surface area is 203 Å². The maximum absolute atomic E-state index is 12.8. The number of carbonyl (C=O) groups is 3. The van der Waals surface area contributed by atoms with Crippen molar-refractivity contribution in [3.8, 4) is 5.75 Å². The lowest BCUT2D eigenvalue weighted by Crippen LogP contribution is -2.32. The molecule has 0 spiro atoms. The Hall–Kier alpha value is -3.42. The molecule has 2 amide bonds. The smallest absolute Gasteiger partial charge is 0.343 e. The predicted molar refractivity (Wildman–Crippen MR) is 130 cm³/mol. The molecule has 1 aliphatic rings. The first-order chi connectivity index (χ1) is 15.8. The molecule has 3 aromatic carbocycles. The summed E-state index contributed by atoms with van der Waals surface area (Å²) in [5.41, 5.74) is 2.90. The van der Waals surface area contributed by atoms with Gasteiger partial charge in [0.1, 0.15) is 16.5 Å². The van der Waals surface area contributed by atoms with E-state index in [1.807, 2.05) is 26.0 Å². The van der Waals surface area contributed by atoms with Gasteiger partial charge in [-0.15, -0.1) is 0 Å². The van der Waals surface area contributed by atoms with E-state index < -0.39 is 17.8 Å². The van der Waals surface area contributed by atoms with Crippen LogP contribution in [0.1, 0.15) is 21.5 Å². The minimum atomic E-state index is -0.601. The van der Waals surface area contributed by atoms with Crippen molar-refractivity contribution in [1.82, 2.24) is 0 Å². The number of imide groups is 1. The molecule has 1 heterocycles. The highest BCUT2D eigenvalue weighted by molar-refractivity contribution is 9.10. The summed E-state index contributed by atoms with van der Waals surface area (Å²) < 4.78 is 6.49. The summed E-state index contributed by atoms with van der Waals surface area (Å²) >= 11 is 9.58. The van der Waals surface area contributed by atoms with Crippen LogP contribution < -0.4 is 15.0 Å². The molecule has 166 valence electrons. The Bertz CT molecular complexity index is 1280. The summed E-state index contributed by atoms with van der Waals surface area (Å²) in [5.74, 6) is -1.15. The molecule has 8 heteroatoms. The van der Waals surface area contributed by atoms with E-state index in [2.05, 4.69) is 21.2 Å². The first kappa shape index (κ1) is 22.8. The number of nitrogens with zero attached hydrogens (tertiary/aromatic N) is 1. The van der Waals surface area contributed by atoms with E-state index >= 15 is 0 Å². The Kier molecular flexibility index (Phi) is 6.35. The van der Waals surface area contributed by atoms with Crippen molar-refractivity contribution in [2.75, 3.05) is 10.2 Å². The molecule has 4 rings (SSSR count). The van der Waals surface area contributed by atoms with Gasteiger partial charge >= 0.3 is 5.97 Å². The second-order valence-corrected chi connectivity index (χ2v) is 8.72. The Morgan fingerprint density at radius 1 is 0.939 bits per heavy atom. The van der Waals surface area contributed by atoms with Crippen LogP contribution >= 0.6 is 27.5 Å². The number of aryl methyl sites for hydroxylation is 2. The van der Waals surface area contributed by atoms with Crippen LogP contribution in [0, 0.1) is 13.8 Å². The molecule has 0 fully saturated rings. The fourth-order valence-corrected chi connectivity index (χ4v) is 4.37. The highest BCUT2D eigenvalue weighted by atomic mass is 79.9. The molecule has 0 radical (unpaired) electrons. The largest absolute Gasteiger partial charge is 0.422 e. The first-order valence-electron chi connectivity index (χ1n) is 9.96. The minimum absolute atomic E-state index is 0.0260. The van der Waals surface area contributed by atoms with Crippen molar-refractivity contribution in [3.05, 3.63) is 98.6 Å². The van der Waals surface area contributed by atoms with Gasteiger partial charge < -0.3 is 10.1 Å². The molecule has 6 nitrogen and oxygen atoms in total. The zero-order valence-corrected chi connectivity index (χ0v) is 20.0. The molecule has 1 N–H and O–H groups in total. The number of para-hydroxylation sites is 1. The Morgan fingerprint density at radius 2 is 1.55 bits per heavy atom. The van der Waals surface area contributed by atoms with Crippen LogP contribution in [0.5, 0.6) is 5.75 Å². The molecule has 33 heavy (non-hydrogen) atoms. The van der Waals surface area contributed by atoms with Gasteiger partial charge in [0.15, 0.2) is 0 Å². The summed E-state index contributed by atoms with van der Waals surface area (Å²) in [6, 6.07) is 18.6. The predicted octanol–water partition coefficient (Wildman–Crippen LogP) is 5.72. The van der Waals surface area contributed by atoms with E-state index in [9.17, 15) is 14.4 Å². The van der Waals surface area contributed by atoms with Crippen molar-refractivity contribution in [1.29, 1.82) is 0 Å². The molecule has 0 bridgehead atoms. The van der Waals surface area contributed by atoms with Gasteiger partial charge in [0.05, 0.1) is 11.3 Å². The van der Waals surface area contributed by atoms with Gasteiger partial charge in [0.2, 0.25) is 0 Å². The second-order valence-electron chi connectivity index (χ2n) is 7.43. The molecule has 0 saturated heterocycles. The lowest BCUT2D eigenvalue weighted by molar-refractivity contribution is -0.120. The van der Waals surface area contributed by atoms with Gasteiger partial charge in [-0.2, -0.15) is 0 Å². The van der Waals surface area contributed by atoms with Crippen molar-refractivity contribution in [3.63, 3.8) is 0 Å². The van der Waals surface area contributed by atoms with Crippen LogP contribution in [0.4, 0.5) is 11.4 Å². The third-order valence-electron chi connectivity index (χ3n) is 5.05. The highest BCUT2D eigenvalue weighted by Gasteiger charge is 2.38. The molecule has 0 aliphatic carbocycles. The Balaban J connectivity index is 1.49. The number of amides is 2. The number of ether oxygens (including phenoxy) is 1. The van der Waals surface area contributed by atoms with Crippen LogP contribution in [0.15, 0.2) is 81.9 Å². The Morgan fingerprint density at radius 3 is 2.15 bits per heavy atom. The van der Waals surface area contributed by atoms with Gasteiger partial charge in [-0.05, 0) is 73.5 Å². The van der Waals surface area contributed by atoms with Crippen LogP contribution in [0.25, 0.3) is 0 Å². The topological polar surface area (TPSA) is 75.7 Å². The molecule has 0 atom stereocenters. The molecule has 0 aromatic heterocycles. The molecule has 0 saturated carbocycles. The lowest BCUT2D eigenvalue weighted by atomic mass is 10.1. The van der Waals surface area contributed by atoms with Gasteiger partial charge in [0.25, 0.3) is 11.8 Å². The zero-order chi connectivity index (χ0) is 23.7. The normalized spacial score (nSPS) is 13.5. The molecule has 1 aliphatic heterocycles. The number of rotatable bonds is 5. The zero-order valence-electron chi connectivity index (χ0n) is 17.7. The van der Waals surface area contributed by atoms with Crippen LogP contribution in [0.3, 0.4) is 0 Å². The van der Waals surface area contributed by atoms with Crippen molar-refractivity contribution < 1.29 is 19.1 Å². The number of benzene rings is 3. The third kappa shape index (κ3) is 4.55. The maximum atomic E-state index is 12.8. The number of hydrogen-bond donors (Lipinski definition) is 1. The van der Waals surface area contributed by atoms with E-state index in [1.54, 1.807) is 54.6 Å². The number of carbonyl (C=O) groups excluding carboxylic acids is 3. The van der Waals surface area contributed by atoms with Crippen LogP contribution in [-0.4, -0.2) is 17.8 Å². The lowest BCUT2D eigenvalue weighted by Gasteiger charge is -2.15. The monoisotopic (exact) mass is 524 g/mol. The summed E-state index contributed by atoms with van der Waals surface area (Å²) in [4.78, 5) is 39.0. The maximum Gasteiger partial charge on any atom is 0.343 e. The summed E-state index contributed by atoms with van der Waals surface area (Å²) in [6.45, 7) is 3.73. The summed E-state index contributed by atoms with van der Waals surface area (Å²) in [6.07, 6.45) is 0. The van der Waals surface area contributed by atoms with E-state index in [1.165, 1.54) is 0 Å². The van der Waals surface area contributed by atoms with Gasteiger partial charge in [-0.3, -0.25) is 9.59 Å². The van der Waals surface area contributed by atoms with Crippen LogP contribution in [0.2, 0.25) is 0 Å². The fourth-order valence-electron chi connectivity index (χ4n) is 3.47. The number of hydrogen-bond acceptors (Lipinski definition) is 5. The van der Waals surface area contributed by atoms with Crippen molar-refractivity contribution >= 4 is 56.7 Å². The number of nitrogens with one attached hydrogen (secondary N) is 1. The SMILES string of the molecule is Cc1cc(Br)cc(C)c1OC(=O)c1ccc(NC2=C(Cl)C(=O)N(c3ccccc3)C2=O)cc1. The summed E-state index contributed by atoms with van der Waals surface area (Å²) in [5, 5.41) is 2.69. The fraction of sp³-hybridized carbons (Fsp3) is 0.0800. The van der Waals surface area contributed by atoms with Crippen LogP contribution in [-0.2, 0) is 9.59 Å². The van der Waals surface area contributed by atoms with E-state index in [0.29, 0.717) is 22.7 Å². The van der Waals surface area contributed by atoms with E-state index in [0.717, 1.165) is 20.5 Å². The molecular weight excluding hydrogens is 508 g/mol.